The van der Waals surface area contributed by atoms with Gasteiger partial charge in [-0.1, -0.05) is 18.2 Å². The highest BCUT2D eigenvalue weighted by atomic mass is 16.5. The Morgan fingerprint density at radius 2 is 1.43 bits per heavy atom. The molecule has 0 heterocycles. The minimum atomic E-state index is -0.402. The van der Waals surface area contributed by atoms with Crippen molar-refractivity contribution in [2.75, 3.05) is 14.2 Å². The number of ether oxygens (including phenoxy) is 4. The van der Waals surface area contributed by atoms with Crippen LogP contribution in [0, 0.1) is 6.92 Å². The van der Waals surface area contributed by atoms with Gasteiger partial charge >= 0.3 is 5.97 Å². The Morgan fingerprint density at radius 3 is 2.07 bits per heavy atom. The van der Waals surface area contributed by atoms with Crippen LogP contribution in [0.15, 0.2) is 66.7 Å². The first-order valence-electron chi connectivity index (χ1n) is 8.82. The molecule has 0 aromatic heterocycles. The first kappa shape index (κ1) is 19.3. The standard InChI is InChI=1S/C23H22O5/c1-16-13-21(25-2)22(26-3)14-18(16)15-27-23(24)17-9-11-20(12-10-17)28-19-7-5-4-6-8-19/h4-14H,15H2,1-3H3. The van der Waals surface area contributed by atoms with Gasteiger partial charge in [0.05, 0.1) is 19.8 Å². The topological polar surface area (TPSA) is 54.0 Å². The first-order valence-corrected chi connectivity index (χ1v) is 8.82. The molecule has 0 unspecified atom stereocenters. The second kappa shape index (κ2) is 8.95. The van der Waals surface area contributed by atoms with Crippen LogP contribution in [0.3, 0.4) is 0 Å². The van der Waals surface area contributed by atoms with Gasteiger partial charge in [-0.25, -0.2) is 4.79 Å². The van der Waals surface area contributed by atoms with Gasteiger partial charge < -0.3 is 18.9 Å². The van der Waals surface area contributed by atoms with Crippen LogP contribution in [0.4, 0.5) is 0 Å². The Bertz CT molecular complexity index is 933. The van der Waals surface area contributed by atoms with Crippen LogP contribution in [0.25, 0.3) is 0 Å². The molecule has 0 N–H and O–H groups in total. The molecule has 3 aromatic carbocycles. The van der Waals surface area contributed by atoms with Crippen LogP contribution in [-0.2, 0) is 11.3 Å². The minimum Gasteiger partial charge on any atom is -0.493 e. The number of hydrogen-bond donors (Lipinski definition) is 0. The number of aryl methyl sites for hydroxylation is 1. The average molecular weight is 378 g/mol. The molecule has 0 atom stereocenters. The number of esters is 1. The molecule has 0 aliphatic rings. The number of rotatable bonds is 7. The molecule has 28 heavy (non-hydrogen) atoms. The Labute approximate surface area is 164 Å². The molecule has 0 saturated carbocycles. The molecule has 0 spiro atoms. The van der Waals surface area contributed by atoms with E-state index in [9.17, 15) is 4.79 Å². The molecule has 0 radical (unpaired) electrons. The van der Waals surface area contributed by atoms with E-state index in [1.54, 1.807) is 38.5 Å². The van der Waals surface area contributed by atoms with E-state index in [1.807, 2.05) is 49.4 Å². The van der Waals surface area contributed by atoms with Gasteiger partial charge in [-0.15, -0.1) is 0 Å². The molecule has 0 aliphatic carbocycles. The number of benzene rings is 3. The molecule has 0 amide bonds. The van der Waals surface area contributed by atoms with Gasteiger partial charge in [-0.05, 0) is 66.6 Å². The molecular weight excluding hydrogens is 356 g/mol. The summed E-state index contributed by atoms with van der Waals surface area (Å²) in [6.07, 6.45) is 0. The Balaban J connectivity index is 1.64. The minimum absolute atomic E-state index is 0.146. The van der Waals surface area contributed by atoms with Crippen molar-refractivity contribution in [3.63, 3.8) is 0 Å². The molecule has 0 saturated heterocycles. The lowest BCUT2D eigenvalue weighted by Gasteiger charge is -2.13. The highest BCUT2D eigenvalue weighted by Gasteiger charge is 2.12. The third kappa shape index (κ3) is 4.62. The molecule has 3 rings (SSSR count). The van der Waals surface area contributed by atoms with Crippen LogP contribution in [0.1, 0.15) is 21.5 Å². The molecule has 5 heteroatoms. The van der Waals surface area contributed by atoms with Crippen LogP contribution < -0.4 is 14.2 Å². The van der Waals surface area contributed by atoms with Crippen LogP contribution in [-0.4, -0.2) is 20.2 Å². The molecular formula is C23H22O5. The van der Waals surface area contributed by atoms with E-state index in [2.05, 4.69) is 0 Å². The first-order chi connectivity index (χ1) is 13.6. The summed E-state index contributed by atoms with van der Waals surface area (Å²) in [6.45, 7) is 2.08. The van der Waals surface area contributed by atoms with E-state index >= 15 is 0 Å². The molecule has 0 bridgehead atoms. The third-order valence-corrected chi connectivity index (χ3v) is 4.27. The van der Waals surface area contributed by atoms with Gasteiger partial charge in [-0.3, -0.25) is 0 Å². The van der Waals surface area contributed by atoms with Gasteiger partial charge in [0, 0.05) is 0 Å². The summed E-state index contributed by atoms with van der Waals surface area (Å²) in [5.74, 6) is 2.23. The fourth-order valence-corrected chi connectivity index (χ4v) is 2.69. The summed E-state index contributed by atoms with van der Waals surface area (Å²) >= 11 is 0. The van der Waals surface area contributed by atoms with Crippen molar-refractivity contribution in [3.05, 3.63) is 83.4 Å². The average Bonchev–Trinajstić information content (AvgIpc) is 2.73. The predicted octanol–water partition coefficient (Wildman–Crippen LogP) is 5.16. The van der Waals surface area contributed by atoms with Crippen molar-refractivity contribution >= 4 is 5.97 Å². The number of carbonyl (C=O) groups excluding carboxylic acids is 1. The van der Waals surface area contributed by atoms with Crippen molar-refractivity contribution < 1.29 is 23.7 Å². The quantitative estimate of drug-likeness (QED) is 0.532. The van der Waals surface area contributed by atoms with E-state index < -0.39 is 5.97 Å². The van der Waals surface area contributed by atoms with Crippen molar-refractivity contribution in [1.82, 2.24) is 0 Å². The van der Waals surface area contributed by atoms with Crippen LogP contribution in [0.2, 0.25) is 0 Å². The van der Waals surface area contributed by atoms with E-state index in [0.29, 0.717) is 22.8 Å². The number of para-hydroxylation sites is 1. The van der Waals surface area contributed by atoms with Crippen molar-refractivity contribution in [2.24, 2.45) is 0 Å². The van der Waals surface area contributed by atoms with Crippen LogP contribution in [0.5, 0.6) is 23.0 Å². The zero-order valence-electron chi connectivity index (χ0n) is 16.1. The predicted molar refractivity (Wildman–Crippen MR) is 106 cm³/mol. The van der Waals surface area contributed by atoms with Crippen molar-refractivity contribution in [1.29, 1.82) is 0 Å². The number of hydrogen-bond acceptors (Lipinski definition) is 5. The van der Waals surface area contributed by atoms with E-state index in [1.165, 1.54) is 0 Å². The van der Waals surface area contributed by atoms with Gasteiger partial charge in [-0.2, -0.15) is 0 Å². The molecule has 5 nitrogen and oxygen atoms in total. The lowest BCUT2D eigenvalue weighted by atomic mass is 10.1. The maximum Gasteiger partial charge on any atom is 0.338 e. The van der Waals surface area contributed by atoms with Gasteiger partial charge in [0.2, 0.25) is 0 Å². The number of methoxy groups -OCH3 is 2. The molecule has 3 aromatic rings. The second-order valence-electron chi connectivity index (χ2n) is 6.15. The Hall–Kier alpha value is -3.47. The van der Waals surface area contributed by atoms with Crippen molar-refractivity contribution in [2.45, 2.75) is 13.5 Å². The summed E-state index contributed by atoms with van der Waals surface area (Å²) in [6, 6.07) is 20.0. The maximum atomic E-state index is 12.4. The largest absolute Gasteiger partial charge is 0.493 e. The van der Waals surface area contributed by atoms with Crippen LogP contribution >= 0.6 is 0 Å². The fourth-order valence-electron chi connectivity index (χ4n) is 2.69. The van der Waals surface area contributed by atoms with E-state index in [0.717, 1.165) is 16.9 Å². The molecule has 0 fully saturated rings. The van der Waals surface area contributed by atoms with Gasteiger partial charge in [0.25, 0.3) is 0 Å². The van der Waals surface area contributed by atoms with Gasteiger partial charge in [0.1, 0.15) is 18.1 Å². The Kier molecular flexibility index (Phi) is 6.17. The second-order valence-corrected chi connectivity index (χ2v) is 6.15. The summed E-state index contributed by atoms with van der Waals surface area (Å²) in [5.41, 5.74) is 2.27. The lowest BCUT2D eigenvalue weighted by Crippen LogP contribution is -2.06. The van der Waals surface area contributed by atoms with Crippen molar-refractivity contribution in [3.8, 4) is 23.0 Å². The van der Waals surface area contributed by atoms with Gasteiger partial charge in [0.15, 0.2) is 11.5 Å². The van der Waals surface area contributed by atoms with E-state index in [-0.39, 0.29) is 6.61 Å². The Morgan fingerprint density at radius 1 is 0.821 bits per heavy atom. The SMILES string of the molecule is COc1cc(C)c(COC(=O)c2ccc(Oc3ccccc3)cc2)cc1OC. The molecule has 144 valence electrons. The normalized spacial score (nSPS) is 10.2. The number of carbonyl (C=O) groups is 1. The lowest BCUT2D eigenvalue weighted by molar-refractivity contribution is 0.0472. The highest BCUT2D eigenvalue weighted by molar-refractivity contribution is 5.89. The summed E-state index contributed by atoms with van der Waals surface area (Å²) in [5, 5.41) is 0. The zero-order chi connectivity index (χ0) is 19.9. The highest BCUT2D eigenvalue weighted by Crippen LogP contribution is 2.30. The smallest absolute Gasteiger partial charge is 0.338 e. The zero-order valence-corrected chi connectivity index (χ0v) is 16.1. The third-order valence-electron chi connectivity index (χ3n) is 4.27. The summed E-state index contributed by atoms with van der Waals surface area (Å²) in [7, 11) is 3.16. The monoisotopic (exact) mass is 378 g/mol. The summed E-state index contributed by atoms with van der Waals surface area (Å²) < 4.78 is 21.8. The fraction of sp³-hybridized carbons (Fsp3) is 0.174. The molecule has 0 aliphatic heterocycles. The van der Waals surface area contributed by atoms with E-state index in [4.69, 9.17) is 18.9 Å². The maximum absolute atomic E-state index is 12.4. The summed E-state index contributed by atoms with van der Waals surface area (Å²) in [4.78, 5) is 12.4.